The predicted molar refractivity (Wildman–Crippen MR) is 80.4 cm³/mol. The van der Waals surface area contributed by atoms with E-state index in [-0.39, 0.29) is 36.2 Å². The predicted octanol–water partition coefficient (Wildman–Crippen LogP) is 4.10. The third kappa shape index (κ3) is 4.41. The van der Waals surface area contributed by atoms with E-state index in [2.05, 4.69) is 0 Å². The van der Waals surface area contributed by atoms with Gasteiger partial charge in [-0.15, -0.1) is 0 Å². The summed E-state index contributed by atoms with van der Waals surface area (Å²) < 4.78 is 42.0. The number of nitrogens with two attached hydrogens (primary N) is 1. The first kappa shape index (κ1) is 18.4. The normalized spacial score (nSPS) is 13.2. The number of rotatable bonds is 8. The Bertz CT molecular complexity index is 496. The number of halogens is 2. The Morgan fingerprint density at radius 3 is 2.24 bits per heavy atom. The molecule has 8 heteroatoms. The van der Waals surface area contributed by atoms with Crippen LogP contribution in [0.15, 0.2) is 12.1 Å². The third-order valence-electron chi connectivity index (χ3n) is 2.61. The van der Waals surface area contributed by atoms with E-state index in [0.717, 1.165) is 6.07 Å². The zero-order valence-corrected chi connectivity index (χ0v) is 13.9. The number of benzene rings is 1. The molecule has 0 bridgehead atoms. The molecule has 1 atom stereocenters. The minimum absolute atomic E-state index is 0.0573. The van der Waals surface area contributed by atoms with E-state index in [0.29, 0.717) is 0 Å². The van der Waals surface area contributed by atoms with Crippen LogP contribution in [0.1, 0.15) is 32.1 Å². The smallest absolute Gasteiger partial charge is 0.351 e. The summed E-state index contributed by atoms with van der Waals surface area (Å²) in [5.41, 5.74) is 6.16. The van der Waals surface area contributed by atoms with Crippen molar-refractivity contribution >= 4 is 19.2 Å². The quantitative estimate of drug-likeness (QED) is 0.722. The van der Waals surface area contributed by atoms with Crippen molar-refractivity contribution in [3.63, 3.8) is 0 Å². The second-order valence-corrected chi connectivity index (χ2v) is 6.63. The Balaban J connectivity index is 3.17. The molecule has 0 aromatic heterocycles. The molecule has 1 aromatic rings. The maximum atomic E-state index is 14.0. The first-order valence-corrected chi connectivity index (χ1v) is 8.64. The summed E-state index contributed by atoms with van der Waals surface area (Å²) in [7, 11) is -3.59. The largest absolute Gasteiger partial charge is 0.489 e. The van der Waals surface area contributed by atoms with Crippen molar-refractivity contribution in [1.82, 2.24) is 0 Å². The lowest BCUT2D eigenvalue weighted by Crippen LogP contribution is -2.15. The van der Waals surface area contributed by atoms with Gasteiger partial charge in [-0.2, -0.15) is 0 Å². The molecule has 0 fully saturated rings. The highest BCUT2D eigenvalue weighted by Crippen LogP contribution is 2.58. The number of hydrogen-bond acceptors (Lipinski definition) is 5. The zero-order chi connectivity index (χ0) is 16.0. The van der Waals surface area contributed by atoms with Crippen molar-refractivity contribution in [3.05, 3.63) is 28.5 Å². The molecule has 0 aliphatic rings. The van der Waals surface area contributed by atoms with Gasteiger partial charge in [0.1, 0.15) is 5.78 Å². The molecule has 0 saturated carbocycles. The molecule has 0 radical (unpaired) electrons. The summed E-state index contributed by atoms with van der Waals surface area (Å²) in [4.78, 5) is 0. The van der Waals surface area contributed by atoms with Gasteiger partial charge in [-0.25, -0.2) is 4.39 Å². The van der Waals surface area contributed by atoms with Crippen molar-refractivity contribution in [2.24, 2.45) is 5.73 Å². The average molecular weight is 340 g/mol. The molecule has 0 aliphatic carbocycles. The Morgan fingerprint density at radius 1 is 1.24 bits per heavy atom. The molecule has 21 heavy (non-hydrogen) atoms. The molecule has 0 heterocycles. The van der Waals surface area contributed by atoms with E-state index in [1.54, 1.807) is 20.8 Å². The molecule has 2 N–H and O–H groups in total. The molecular formula is C13H20ClFNO4P. The summed E-state index contributed by atoms with van der Waals surface area (Å²) in [6.45, 7) is 5.66. The Hall–Kier alpha value is -0.650. The summed E-state index contributed by atoms with van der Waals surface area (Å²) >= 11 is 5.97. The van der Waals surface area contributed by atoms with Crippen LogP contribution in [0.3, 0.4) is 0 Å². The molecule has 0 spiro atoms. The van der Waals surface area contributed by atoms with Crippen molar-refractivity contribution in [2.45, 2.75) is 26.6 Å². The zero-order valence-electron chi connectivity index (χ0n) is 12.3. The van der Waals surface area contributed by atoms with Crippen LogP contribution >= 0.6 is 19.2 Å². The van der Waals surface area contributed by atoms with Gasteiger partial charge in [0, 0.05) is 0 Å². The first-order valence-electron chi connectivity index (χ1n) is 6.65. The summed E-state index contributed by atoms with van der Waals surface area (Å²) in [5.74, 6) is -1.85. The fourth-order valence-electron chi connectivity index (χ4n) is 1.77. The van der Waals surface area contributed by atoms with Gasteiger partial charge in [0.05, 0.1) is 24.8 Å². The van der Waals surface area contributed by atoms with Gasteiger partial charge in [-0.05, 0) is 38.5 Å². The number of hydrogen-bond donors (Lipinski definition) is 1. The van der Waals surface area contributed by atoms with Crippen molar-refractivity contribution in [2.75, 3.05) is 19.8 Å². The van der Waals surface area contributed by atoms with Crippen molar-refractivity contribution in [1.29, 1.82) is 0 Å². The monoisotopic (exact) mass is 339 g/mol. The molecule has 120 valence electrons. The molecule has 5 nitrogen and oxygen atoms in total. The fourth-order valence-corrected chi connectivity index (χ4v) is 3.67. The highest BCUT2D eigenvalue weighted by atomic mass is 35.5. The van der Waals surface area contributed by atoms with E-state index >= 15 is 0 Å². The van der Waals surface area contributed by atoms with Crippen LogP contribution in [0.5, 0.6) is 5.75 Å². The second kappa shape index (κ2) is 8.11. The summed E-state index contributed by atoms with van der Waals surface area (Å²) in [5, 5.41) is 0.0573. The second-order valence-electron chi connectivity index (χ2n) is 4.07. The van der Waals surface area contributed by atoms with Gasteiger partial charge < -0.3 is 19.5 Å². The van der Waals surface area contributed by atoms with Crippen LogP contribution in [0.25, 0.3) is 0 Å². The lowest BCUT2D eigenvalue weighted by atomic mass is 10.2. The Labute approximate surface area is 129 Å². The third-order valence-corrected chi connectivity index (χ3v) is 5.11. The molecule has 0 aliphatic heterocycles. The topological polar surface area (TPSA) is 70.8 Å². The fraction of sp³-hybridized carbons (Fsp3) is 0.538. The van der Waals surface area contributed by atoms with Gasteiger partial charge in [-0.1, -0.05) is 11.6 Å². The van der Waals surface area contributed by atoms with Crippen LogP contribution in [-0.4, -0.2) is 19.8 Å². The lowest BCUT2D eigenvalue weighted by Gasteiger charge is -2.24. The van der Waals surface area contributed by atoms with Gasteiger partial charge in [0.2, 0.25) is 0 Å². The molecule has 0 unspecified atom stereocenters. The van der Waals surface area contributed by atoms with Crippen LogP contribution < -0.4 is 10.5 Å². The van der Waals surface area contributed by atoms with Crippen molar-refractivity contribution < 1.29 is 22.7 Å². The number of ether oxygens (including phenoxy) is 1. The van der Waals surface area contributed by atoms with Gasteiger partial charge in [-0.3, -0.25) is 4.57 Å². The van der Waals surface area contributed by atoms with Crippen LogP contribution in [0.4, 0.5) is 4.39 Å². The van der Waals surface area contributed by atoms with Crippen LogP contribution in [0, 0.1) is 5.82 Å². The molecular weight excluding hydrogens is 320 g/mol. The van der Waals surface area contributed by atoms with Crippen LogP contribution in [-0.2, 0) is 13.6 Å². The summed E-state index contributed by atoms with van der Waals surface area (Å²) in [6.07, 6.45) is 0. The minimum Gasteiger partial charge on any atom is -0.489 e. The Kier molecular flexibility index (Phi) is 7.10. The van der Waals surface area contributed by atoms with Crippen LogP contribution in [0.2, 0.25) is 5.02 Å². The van der Waals surface area contributed by atoms with E-state index in [4.69, 9.17) is 31.1 Å². The average Bonchev–Trinajstić information content (AvgIpc) is 2.42. The first-order chi connectivity index (χ1) is 9.89. The SMILES string of the molecule is CCOc1c(F)cc([C@H](N)P(=O)(OCC)OCC)cc1Cl. The van der Waals surface area contributed by atoms with E-state index in [1.165, 1.54) is 6.07 Å². The van der Waals surface area contributed by atoms with E-state index in [1.807, 2.05) is 0 Å². The highest BCUT2D eigenvalue weighted by Gasteiger charge is 2.34. The maximum Gasteiger partial charge on any atom is 0.351 e. The molecule has 0 amide bonds. The molecule has 1 rings (SSSR count). The van der Waals surface area contributed by atoms with Gasteiger partial charge in [0.25, 0.3) is 0 Å². The van der Waals surface area contributed by atoms with Crippen molar-refractivity contribution in [3.8, 4) is 5.75 Å². The molecule has 1 aromatic carbocycles. The lowest BCUT2D eigenvalue weighted by molar-refractivity contribution is 0.212. The van der Waals surface area contributed by atoms with Gasteiger partial charge in [0.15, 0.2) is 11.6 Å². The summed E-state index contributed by atoms with van der Waals surface area (Å²) in [6, 6.07) is 2.54. The van der Waals surface area contributed by atoms with Gasteiger partial charge >= 0.3 is 7.60 Å². The minimum atomic E-state index is -3.59. The highest BCUT2D eigenvalue weighted by molar-refractivity contribution is 7.54. The maximum absolute atomic E-state index is 14.0. The van der Waals surface area contributed by atoms with E-state index < -0.39 is 19.2 Å². The standard InChI is InChI=1S/C13H20ClFNO4P/c1-4-18-12-10(14)7-9(8-11(12)15)13(16)21(17,19-5-2)20-6-3/h7-8,13H,4-6,16H2,1-3H3/t13-/m1/s1. The Morgan fingerprint density at radius 2 is 1.81 bits per heavy atom. The molecule has 0 saturated heterocycles. The van der Waals surface area contributed by atoms with E-state index in [9.17, 15) is 8.96 Å².